The quantitative estimate of drug-likeness (QED) is 0.535. The number of hydrogen-bond acceptors (Lipinski definition) is 3. The van der Waals surface area contributed by atoms with Gasteiger partial charge in [0.05, 0.1) is 5.75 Å². The fraction of sp³-hybridized carbons (Fsp3) is 0.556. The summed E-state index contributed by atoms with van der Waals surface area (Å²) in [7, 11) is -1.29. The van der Waals surface area contributed by atoms with Crippen LogP contribution in [0.5, 0.6) is 0 Å². The zero-order valence-electron chi connectivity index (χ0n) is 19.0. The average molecular weight is 471 g/mol. The molecule has 3 saturated carbocycles. The summed E-state index contributed by atoms with van der Waals surface area (Å²) >= 11 is 7.30. The minimum Gasteiger partial charge on any atom is -0.299 e. The number of rotatable bonds is 3. The van der Waals surface area contributed by atoms with Crippen molar-refractivity contribution >= 4 is 34.0 Å². The van der Waals surface area contributed by atoms with Crippen LogP contribution in [0.25, 0.3) is 0 Å². The first-order valence-corrected chi connectivity index (χ1v) is 13.4. The lowest BCUT2D eigenvalue weighted by Crippen LogP contribution is -2.57. The van der Waals surface area contributed by atoms with Crippen molar-refractivity contribution in [2.24, 2.45) is 28.6 Å². The second kappa shape index (κ2) is 7.50. The van der Waals surface area contributed by atoms with Crippen molar-refractivity contribution in [1.82, 2.24) is 0 Å². The van der Waals surface area contributed by atoms with E-state index >= 15 is 0 Å². The molecule has 7 atom stereocenters. The number of carbonyl (C=O) groups excluding carboxylic acids is 2. The number of fused-ring (bicyclic) bond motifs is 5. The Kier molecular flexibility index (Phi) is 5.22. The van der Waals surface area contributed by atoms with E-state index < -0.39 is 20.4 Å². The number of aryl methyl sites for hydroxylation is 1. The smallest absolute Gasteiger partial charge is 0.178 e. The van der Waals surface area contributed by atoms with Crippen LogP contribution in [0.2, 0.25) is 0 Å². The first-order chi connectivity index (χ1) is 15.1. The Morgan fingerprint density at radius 2 is 1.91 bits per heavy atom. The Morgan fingerprint density at radius 3 is 2.66 bits per heavy atom. The molecular formula is C27H31ClO3S. The van der Waals surface area contributed by atoms with Gasteiger partial charge in [0.2, 0.25) is 0 Å². The van der Waals surface area contributed by atoms with E-state index in [0.29, 0.717) is 18.6 Å². The van der Waals surface area contributed by atoms with Crippen LogP contribution in [0.15, 0.2) is 48.1 Å². The maximum Gasteiger partial charge on any atom is 0.178 e. The van der Waals surface area contributed by atoms with Crippen molar-refractivity contribution in [3.8, 4) is 0 Å². The Balaban J connectivity index is 1.48. The van der Waals surface area contributed by atoms with Gasteiger partial charge < -0.3 is 0 Å². The topological polar surface area (TPSA) is 51.2 Å². The van der Waals surface area contributed by atoms with E-state index in [4.69, 9.17) is 11.6 Å². The number of alkyl halides is 1. The molecule has 170 valence electrons. The first kappa shape index (κ1) is 22.3. The summed E-state index contributed by atoms with van der Waals surface area (Å²) in [5.74, 6) is 1.05. The van der Waals surface area contributed by atoms with Crippen LogP contribution in [0.3, 0.4) is 0 Å². The standard InChI is InChI=1S/C27H31ClO3S/c1-17-6-4-5-7-18(17)16-32(31)27(28)13-11-22-21-9-8-19-14-20(29)10-12-25(19,2)24(21)23(30)15-26(22,27)3/h4-7,10,12,14,21-22,24H,8-9,11,13,15-16H2,1-3H3/t21-,22-,24+,25-,26-,27-,32?/m0/s1. The molecule has 0 heterocycles. The van der Waals surface area contributed by atoms with Crippen LogP contribution in [-0.2, 0) is 26.1 Å². The van der Waals surface area contributed by atoms with Gasteiger partial charge >= 0.3 is 0 Å². The van der Waals surface area contributed by atoms with Crippen LogP contribution in [-0.4, -0.2) is 20.0 Å². The van der Waals surface area contributed by atoms with Gasteiger partial charge in [-0.05, 0) is 67.7 Å². The summed E-state index contributed by atoms with van der Waals surface area (Å²) in [6.45, 7) is 6.28. The number of ketones is 2. The third kappa shape index (κ3) is 3.01. The summed E-state index contributed by atoms with van der Waals surface area (Å²) in [5.41, 5.74) is 2.43. The molecular weight excluding hydrogens is 440 g/mol. The van der Waals surface area contributed by atoms with E-state index in [1.165, 1.54) is 0 Å². The van der Waals surface area contributed by atoms with Crippen molar-refractivity contribution < 1.29 is 13.8 Å². The van der Waals surface area contributed by atoms with E-state index in [-0.39, 0.29) is 34.7 Å². The second-order valence-corrected chi connectivity index (χ2v) is 13.3. The fourth-order valence-corrected chi connectivity index (χ4v) is 9.77. The molecule has 0 bridgehead atoms. The third-order valence-corrected chi connectivity index (χ3v) is 12.3. The number of Topliss-reactive ketones (excluding diaryl/α,β-unsaturated/α-hetero) is 1. The maximum absolute atomic E-state index is 13.8. The van der Waals surface area contributed by atoms with Crippen molar-refractivity contribution in [3.05, 3.63) is 59.2 Å². The minimum atomic E-state index is -1.29. The largest absolute Gasteiger partial charge is 0.299 e. The number of carbonyl (C=O) groups is 2. The highest BCUT2D eigenvalue weighted by Gasteiger charge is 2.67. The molecule has 32 heavy (non-hydrogen) atoms. The van der Waals surface area contributed by atoms with Gasteiger partial charge in [-0.2, -0.15) is 0 Å². The highest BCUT2D eigenvalue weighted by atomic mass is 35.5. The van der Waals surface area contributed by atoms with E-state index in [0.717, 1.165) is 36.0 Å². The molecule has 3 fully saturated rings. The SMILES string of the molecule is Cc1ccccc1CS(=O)[C@@]1(Cl)CC[C@H]2[C@@H]3CCC4=CC(=O)C=C[C@]4(C)[C@H]3C(=O)C[C@@]21C. The molecule has 0 amide bonds. The predicted molar refractivity (Wildman–Crippen MR) is 129 cm³/mol. The zero-order chi connectivity index (χ0) is 22.9. The lowest BCUT2D eigenvalue weighted by atomic mass is 9.48. The predicted octanol–water partition coefficient (Wildman–Crippen LogP) is 5.67. The van der Waals surface area contributed by atoms with Crippen molar-refractivity contribution in [2.75, 3.05) is 0 Å². The molecule has 0 aliphatic heterocycles. The molecule has 3 nitrogen and oxygen atoms in total. The second-order valence-electron chi connectivity index (χ2n) is 10.7. The molecule has 5 heteroatoms. The van der Waals surface area contributed by atoms with Crippen LogP contribution < -0.4 is 0 Å². The van der Waals surface area contributed by atoms with Gasteiger partial charge in [-0.15, -0.1) is 11.6 Å². The van der Waals surface area contributed by atoms with Gasteiger partial charge in [-0.1, -0.05) is 49.8 Å². The monoisotopic (exact) mass is 470 g/mol. The highest BCUT2D eigenvalue weighted by molar-refractivity contribution is 7.87. The lowest BCUT2D eigenvalue weighted by Gasteiger charge is -2.56. The molecule has 1 aromatic rings. The summed E-state index contributed by atoms with van der Waals surface area (Å²) in [6.07, 6.45) is 9.05. The zero-order valence-corrected chi connectivity index (χ0v) is 20.6. The minimum absolute atomic E-state index is 0.0243. The molecule has 1 unspecified atom stereocenters. The fourth-order valence-electron chi connectivity index (χ4n) is 7.37. The van der Waals surface area contributed by atoms with E-state index in [2.05, 4.69) is 13.8 Å². The highest BCUT2D eigenvalue weighted by Crippen LogP contribution is 2.68. The molecule has 0 radical (unpaired) electrons. The van der Waals surface area contributed by atoms with Gasteiger partial charge in [0, 0.05) is 34.0 Å². The van der Waals surface area contributed by atoms with Gasteiger partial charge in [0.25, 0.3) is 0 Å². The summed E-state index contributed by atoms with van der Waals surface area (Å²) in [6, 6.07) is 8.03. The molecule has 0 spiro atoms. The van der Waals surface area contributed by atoms with Crippen LogP contribution >= 0.6 is 11.6 Å². The summed E-state index contributed by atoms with van der Waals surface area (Å²) in [5, 5.41) is 0. The summed E-state index contributed by atoms with van der Waals surface area (Å²) in [4.78, 5) is 25.7. The number of hydrogen-bond donors (Lipinski definition) is 0. The summed E-state index contributed by atoms with van der Waals surface area (Å²) < 4.78 is 12.9. The van der Waals surface area contributed by atoms with E-state index in [9.17, 15) is 13.8 Å². The van der Waals surface area contributed by atoms with Gasteiger partial charge in [0.15, 0.2) is 5.78 Å². The Bertz CT molecular complexity index is 1090. The number of allylic oxidation sites excluding steroid dienone is 4. The first-order valence-electron chi connectivity index (χ1n) is 11.7. The van der Waals surface area contributed by atoms with Crippen LogP contribution in [0.1, 0.15) is 57.1 Å². The molecule has 4 aliphatic carbocycles. The molecule has 0 N–H and O–H groups in total. The molecule has 1 aromatic carbocycles. The normalized spacial score (nSPS) is 41.5. The Labute approximate surface area is 198 Å². The maximum atomic E-state index is 13.8. The molecule has 0 saturated heterocycles. The number of benzene rings is 1. The van der Waals surface area contributed by atoms with Crippen molar-refractivity contribution in [2.45, 2.75) is 62.8 Å². The van der Waals surface area contributed by atoms with E-state index in [1.807, 2.05) is 37.3 Å². The van der Waals surface area contributed by atoms with Gasteiger partial charge in [-0.25, -0.2) is 0 Å². The van der Waals surface area contributed by atoms with Gasteiger partial charge in [0.1, 0.15) is 9.99 Å². The Morgan fingerprint density at radius 1 is 1.16 bits per heavy atom. The van der Waals surface area contributed by atoms with Crippen molar-refractivity contribution in [3.63, 3.8) is 0 Å². The van der Waals surface area contributed by atoms with Crippen LogP contribution in [0.4, 0.5) is 0 Å². The molecule has 5 rings (SSSR count). The van der Waals surface area contributed by atoms with Crippen LogP contribution in [0, 0.1) is 35.5 Å². The third-order valence-electron chi connectivity index (χ3n) is 9.19. The van der Waals surface area contributed by atoms with Crippen molar-refractivity contribution in [1.29, 1.82) is 0 Å². The molecule has 4 aliphatic rings. The molecule has 0 aromatic heterocycles. The lowest BCUT2D eigenvalue weighted by molar-refractivity contribution is -0.141. The number of halogens is 1. The Hall–Kier alpha value is -1.52. The van der Waals surface area contributed by atoms with E-state index in [1.54, 1.807) is 12.2 Å². The van der Waals surface area contributed by atoms with Gasteiger partial charge in [-0.3, -0.25) is 13.8 Å². The average Bonchev–Trinajstić information content (AvgIpc) is 3.01.